The molecule has 0 spiro atoms. The molecule has 0 saturated heterocycles. The maximum absolute atomic E-state index is 12.6. The molecule has 7 nitrogen and oxygen atoms in total. The van der Waals surface area contributed by atoms with Crippen LogP contribution in [0.15, 0.2) is 59.5 Å². The van der Waals surface area contributed by atoms with Crippen LogP contribution in [0.25, 0.3) is 0 Å². The number of hydrogen-bond acceptors (Lipinski definition) is 4. The van der Waals surface area contributed by atoms with Crippen LogP contribution in [0.3, 0.4) is 0 Å². The van der Waals surface area contributed by atoms with Gasteiger partial charge in [-0.25, -0.2) is 12.7 Å². The second-order valence-electron chi connectivity index (χ2n) is 6.80. The number of amides is 2. The van der Waals surface area contributed by atoms with Gasteiger partial charge in [0.15, 0.2) is 0 Å². The van der Waals surface area contributed by atoms with Crippen molar-refractivity contribution in [2.24, 2.45) is 0 Å². The number of carbonyl (C=O) groups excluding carboxylic acids is 2. The van der Waals surface area contributed by atoms with Crippen LogP contribution in [0.2, 0.25) is 0 Å². The van der Waals surface area contributed by atoms with Gasteiger partial charge in [0.05, 0.1) is 11.4 Å². The molecule has 29 heavy (non-hydrogen) atoms. The molecule has 156 valence electrons. The summed E-state index contributed by atoms with van der Waals surface area (Å²) in [6.45, 7) is 2.89. The van der Waals surface area contributed by atoms with Crippen LogP contribution in [0.1, 0.15) is 29.3 Å². The molecule has 0 aliphatic carbocycles. The van der Waals surface area contributed by atoms with Crippen molar-refractivity contribution >= 4 is 21.8 Å². The number of benzene rings is 2. The van der Waals surface area contributed by atoms with Crippen LogP contribution in [0.4, 0.5) is 0 Å². The first-order valence-electron chi connectivity index (χ1n) is 9.38. The highest BCUT2D eigenvalue weighted by molar-refractivity contribution is 7.89. The Bertz CT molecular complexity index is 943. The van der Waals surface area contributed by atoms with E-state index in [0.717, 1.165) is 16.3 Å². The second-order valence-corrected chi connectivity index (χ2v) is 8.95. The number of nitrogens with zero attached hydrogens (tertiary/aromatic N) is 2. The van der Waals surface area contributed by atoms with Crippen LogP contribution < -0.4 is 5.32 Å². The van der Waals surface area contributed by atoms with E-state index in [0.29, 0.717) is 13.1 Å². The van der Waals surface area contributed by atoms with Crippen molar-refractivity contribution < 1.29 is 18.0 Å². The summed E-state index contributed by atoms with van der Waals surface area (Å²) in [6.07, 6.45) is 0.803. The SMILES string of the molecule is CCCN(Cc1ccccc1)C(=O)CNC(=O)c1cccc(S(=O)(=O)N(C)C)c1. The maximum atomic E-state index is 12.6. The van der Waals surface area contributed by atoms with E-state index in [9.17, 15) is 18.0 Å². The van der Waals surface area contributed by atoms with Crippen molar-refractivity contribution in [1.82, 2.24) is 14.5 Å². The zero-order chi connectivity index (χ0) is 21.4. The summed E-state index contributed by atoms with van der Waals surface area (Å²) >= 11 is 0. The van der Waals surface area contributed by atoms with Crippen LogP contribution >= 0.6 is 0 Å². The molecule has 0 radical (unpaired) electrons. The lowest BCUT2D eigenvalue weighted by atomic mass is 10.2. The lowest BCUT2D eigenvalue weighted by molar-refractivity contribution is -0.130. The molecule has 0 unspecified atom stereocenters. The predicted molar refractivity (Wildman–Crippen MR) is 112 cm³/mol. The topological polar surface area (TPSA) is 86.8 Å². The minimum Gasteiger partial charge on any atom is -0.343 e. The summed E-state index contributed by atoms with van der Waals surface area (Å²) < 4.78 is 25.6. The van der Waals surface area contributed by atoms with Gasteiger partial charge in [-0.2, -0.15) is 0 Å². The number of hydrogen-bond donors (Lipinski definition) is 1. The molecule has 8 heteroatoms. The third-order valence-electron chi connectivity index (χ3n) is 4.34. The van der Waals surface area contributed by atoms with E-state index < -0.39 is 15.9 Å². The Morgan fingerprint density at radius 3 is 2.31 bits per heavy atom. The number of nitrogens with one attached hydrogen (secondary N) is 1. The molecular weight excluding hydrogens is 390 g/mol. The molecule has 0 fully saturated rings. The monoisotopic (exact) mass is 417 g/mol. The van der Waals surface area contributed by atoms with Crippen molar-refractivity contribution in [2.75, 3.05) is 27.2 Å². The molecule has 0 atom stereocenters. The zero-order valence-corrected chi connectivity index (χ0v) is 17.8. The van der Waals surface area contributed by atoms with Gasteiger partial charge in [0.2, 0.25) is 15.9 Å². The Morgan fingerprint density at radius 2 is 1.69 bits per heavy atom. The fourth-order valence-corrected chi connectivity index (χ4v) is 3.69. The van der Waals surface area contributed by atoms with Crippen molar-refractivity contribution in [3.63, 3.8) is 0 Å². The summed E-state index contributed by atoms with van der Waals surface area (Å²) in [7, 11) is -0.789. The van der Waals surface area contributed by atoms with E-state index in [1.54, 1.807) is 4.90 Å². The smallest absolute Gasteiger partial charge is 0.251 e. The Balaban J connectivity index is 2.04. The maximum Gasteiger partial charge on any atom is 0.251 e. The van der Waals surface area contributed by atoms with Gasteiger partial charge < -0.3 is 10.2 Å². The Morgan fingerprint density at radius 1 is 1.00 bits per heavy atom. The molecule has 2 amide bonds. The highest BCUT2D eigenvalue weighted by Crippen LogP contribution is 2.15. The summed E-state index contributed by atoms with van der Waals surface area (Å²) in [5, 5.41) is 2.59. The van der Waals surface area contributed by atoms with Crippen LogP contribution in [0.5, 0.6) is 0 Å². The molecule has 0 bridgehead atoms. The first-order valence-corrected chi connectivity index (χ1v) is 10.8. The molecular formula is C21H27N3O4S. The number of sulfonamides is 1. The van der Waals surface area contributed by atoms with Crippen LogP contribution in [-0.2, 0) is 21.4 Å². The van der Waals surface area contributed by atoms with Gasteiger partial charge in [-0.3, -0.25) is 9.59 Å². The van der Waals surface area contributed by atoms with Crippen LogP contribution in [0, 0.1) is 0 Å². The lowest BCUT2D eigenvalue weighted by Crippen LogP contribution is -2.40. The molecule has 0 heterocycles. The molecule has 2 aromatic carbocycles. The van der Waals surface area contributed by atoms with Crippen molar-refractivity contribution in [3.8, 4) is 0 Å². The van der Waals surface area contributed by atoms with E-state index in [4.69, 9.17) is 0 Å². The minimum atomic E-state index is -3.64. The average molecular weight is 418 g/mol. The minimum absolute atomic E-state index is 0.0261. The van der Waals surface area contributed by atoms with E-state index >= 15 is 0 Å². The second kappa shape index (κ2) is 10.2. The fourth-order valence-electron chi connectivity index (χ4n) is 2.74. The van der Waals surface area contributed by atoms with Crippen LogP contribution in [-0.4, -0.2) is 56.6 Å². The van der Waals surface area contributed by atoms with Crippen molar-refractivity contribution in [3.05, 3.63) is 65.7 Å². The number of carbonyl (C=O) groups is 2. The third-order valence-corrected chi connectivity index (χ3v) is 6.15. The van der Waals surface area contributed by atoms with Gasteiger partial charge in [-0.05, 0) is 30.2 Å². The molecule has 1 N–H and O–H groups in total. The zero-order valence-electron chi connectivity index (χ0n) is 17.0. The van der Waals surface area contributed by atoms with Gasteiger partial charge in [0.25, 0.3) is 5.91 Å². The summed E-state index contributed by atoms with van der Waals surface area (Å²) in [6, 6.07) is 15.4. The molecule has 0 aliphatic heterocycles. The highest BCUT2D eigenvalue weighted by Gasteiger charge is 2.19. The van der Waals surface area contributed by atoms with Crippen molar-refractivity contribution in [2.45, 2.75) is 24.8 Å². The quantitative estimate of drug-likeness (QED) is 0.677. The standard InChI is InChI=1S/C21H27N3O4S/c1-4-13-24(16-17-9-6-5-7-10-17)20(25)15-22-21(26)18-11-8-12-19(14-18)29(27,28)23(2)3/h5-12,14H,4,13,15-16H2,1-3H3,(H,22,26). The van der Waals surface area contributed by atoms with E-state index in [-0.39, 0.29) is 22.9 Å². The molecule has 0 saturated carbocycles. The Hall–Kier alpha value is -2.71. The van der Waals surface area contributed by atoms with E-state index in [2.05, 4.69) is 5.32 Å². The summed E-state index contributed by atoms with van der Waals surface area (Å²) in [4.78, 5) is 26.8. The summed E-state index contributed by atoms with van der Waals surface area (Å²) in [5.41, 5.74) is 1.20. The Labute approximate surface area is 172 Å². The highest BCUT2D eigenvalue weighted by atomic mass is 32.2. The largest absolute Gasteiger partial charge is 0.343 e. The van der Waals surface area contributed by atoms with Gasteiger partial charge >= 0.3 is 0 Å². The molecule has 2 aromatic rings. The van der Waals surface area contributed by atoms with Gasteiger partial charge in [-0.1, -0.05) is 43.3 Å². The van der Waals surface area contributed by atoms with Gasteiger partial charge in [0, 0.05) is 32.7 Å². The molecule has 2 rings (SSSR count). The summed E-state index contributed by atoms with van der Waals surface area (Å²) in [5.74, 6) is -0.688. The van der Waals surface area contributed by atoms with E-state index in [1.165, 1.54) is 38.4 Å². The predicted octanol–water partition coefficient (Wildman–Crippen LogP) is 2.11. The third kappa shape index (κ3) is 6.13. The van der Waals surface area contributed by atoms with Crippen molar-refractivity contribution in [1.29, 1.82) is 0 Å². The van der Waals surface area contributed by atoms with Gasteiger partial charge in [0.1, 0.15) is 0 Å². The lowest BCUT2D eigenvalue weighted by Gasteiger charge is -2.22. The first-order chi connectivity index (χ1) is 13.8. The normalized spacial score (nSPS) is 11.3. The van der Waals surface area contributed by atoms with Gasteiger partial charge in [-0.15, -0.1) is 0 Å². The molecule has 0 aliphatic rings. The molecule has 0 aromatic heterocycles. The van der Waals surface area contributed by atoms with E-state index in [1.807, 2.05) is 37.3 Å². The Kier molecular flexibility index (Phi) is 7.92. The average Bonchev–Trinajstić information content (AvgIpc) is 2.72. The fraction of sp³-hybridized carbons (Fsp3) is 0.333. The number of rotatable bonds is 9. The first kappa shape index (κ1) is 22.6.